The SMILES string of the molecule is CC(C)(C=O)c1cc(O)ccc1O. The first-order valence-corrected chi connectivity index (χ1v) is 3.96. The number of aldehydes is 1. The van der Waals surface area contributed by atoms with Crippen LogP contribution in [0.3, 0.4) is 0 Å². The topological polar surface area (TPSA) is 57.5 Å². The molecule has 0 heterocycles. The van der Waals surface area contributed by atoms with Crippen molar-refractivity contribution in [1.29, 1.82) is 0 Å². The predicted molar refractivity (Wildman–Crippen MR) is 48.9 cm³/mol. The van der Waals surface area contributed by atoms with Gasteiger partial charge in [0.25, 0.3) is 0 Å². The first-order valence-electron chi connectivity index (χ1n) is 3.96. The van der Waals surface area contributed by atoms with E-state index in [2.05, 4.69) is 0 Å². The van der Waals surface area contributed by atoms with Crippen molar-refractivity contribution in [3.05, 3.63) is 23.8 Å². The lowest BCUT2D eigenvalue weighted by atomic mass is 9.85. The van der Waals surface area contributed by atoms with E-state index in [4.69, 9.17) is 5.11 Å². The van der Waals surface area contributed by atoms with Crippen LogP contribution in [-0.2, 0) is 10.2 Å². The molecule has 3 heteroatoms. The van der Waals surface area contributed by atoms with Crippen LogP contribution in [0.4, 0.5) is 0 Å². The van der Waals surface area contributed by atoms with Crippen molar-refractivity contribution in [1.82, 2.24) is 0 Å². The molecule has 0 aliphatic rings. The second-order valence-electron chi connectivity index (χ2n) is 3.54. The fourth-order valence-corrected chi connectivity index (χ4v) is 1.10. The quantitative estimate of drug-likeness (QED) is 0.536. The van der Waals surface area contributed by atoms with Gasteiger partial charge in [-0.1, -0.05) is 0 Å². The first-order chi connectivity index (χ1) is 5.97. The van der Waals surface area contributed by atoms with E-state index >= 15 is 0 Å². The Morgan fingerprint density at radius 1 is 1.31 bits per heavy atom. The molecule has 0 aliphatic heterocycles. The molecule has 2 N–H and O–H groups in total. The summed E-state index contributed by atoms with van der Waals surface area (Å²) in [6, 6.07) is 4.14. The molecule has 0 saturated heterocycles. The molecular weight excluding hydrogens is 168 g/mol. The van der Waals surface area contributed by atoms with Crippen LogP contribution >= 0.6 is 0 Å². The summed E-state index contributed by atoms with van der Waals surface area (Å²) in [6.45, 7) is 3.35. The maximum atomic E-state index is 10.7. The number of aromatic hydroxyl groups is 2. The molecule has 0 fully saturated rings. The van der Waals surface area contributed by atoms with E-state index in [9.17, 15) is 9.90 Å². The average Bonchev–Trinajstić information content (AvgIpc) is 2.09. The van der Waals surface area contributed by atoms with Crippen molar-refractivity contribution in [2.75, 3.05) is 0 Å². The van der Waals surface area contributed by atoms with Gasteiger partial charge >= 0.3 is 0 Å². The minimum atomic E-state index is -0.775. The molecule has 0 radical (unpaired) electrons. The summed E-state index contributed by atoms with van der Waals surface area (Å²) in [5, 5.41) is 18.6. The Bertz CT molecular complexity index is 329. The van der Waals surface area contributed by atoms with Crippen molar-refractivity contribution in [3.63, 3.8) is 0 Å². The number of benzene rings is 1. The predicted octanol–water partition coefficient (Wildman–Crippen LogP) is 1.57. The highest BCUT2D eigenvalue weighted by Crippen LogP contribution is 2.31. The second kappa shape index (κ2) is 3.09. The average molecular weight is 180 g/mol. The Morgan fingerprint density at radius 2 is 1.92 bits per heavy atom. The zero-order valence-corrected chi connectivity index (χ0v) is 7.61. The van der Waals surface area contributed by atoms with Gasteiger partial charge in [0.05, 0.1) is 0 Å². The van der Waals surface area contributed by atoms with Crippen molar-refractivity contribution in [2.24, 2.45) is 0 Å². The van der Waals surface area contributed by atoms with Crippen LogP contribution < -0.4 is 0 Å². The molecule has 0 bridgehead atoms. The van der Waals surface area contributed by atoms with E-state index < -0.39 is 5.41 Å². The highest BCUT2D eigenvalue weighted by molar-refractivity contribution is 5.69. The minimum Gasteiger partial charge on any atom is -0.508 e. The van der Waals surface area contributed by atoms with Gasteiger partial charge in [-0.2, -0.15) is 0 Å². The molecule has 0 aliphatic carbocycles. The summed E-state index contributed by atoms with van der Waals surface area (Å²) < 4.78 is 0. The fourth-order valence-electron chi connectivity index (χ4n) is 1.10. The van der Waals surface area contributed by atoms with Crippen molar-refractivity contribution in [3.8, 4) is 11.5 Å². The number of hydrogen-bond acceptors (Lipinski definition) is 3. The highest BCUT2D eigenvalue weighted by Gasteiger charge is 2.23. The molecule has 1 aromatic rings. The molecular formula is C10H12O3. The normalized spacial score (nSPS) is 11.2. The van der Waals surface area contributed by atoms with Gasteiger partial charge in [0.15, 0.2) is 0 Å². The minimum absolute atomic E-state index is 0.0231. The van der Waals surface area contributed by atoms with Gasteiger partial charge in [0.2, 0.25) is 0 Å². The van der Waals surface area contributed by atoms with Crippen LogP contribution in [0.15, 0.2) is 18.2 Å². The Morgan fingerprint density at radius 3 is 2.46 bits per heavy atom. The lowest BCUT2D eigenvalue weighted by Gasteiger charge is -2.18. The lowest BCUT2D eigenvalue weighted by Crippen LogP contribution is -2.18. The Balaban J connectivity index is 3.28. The Kier molecular flexibility index (Phi) is 2.28. The maximum absolute atomic E-state index is 10.7. The van der Waals surface area contributed by atoms with Crippen LogP contribution in [0, 0.1) is 0 Å². The molecule has 70 valence electrons. The second-order valence-corrected chi connectivity index (χ2v) is 3.54. The van der Waals surface area contributed by atoms with Gasteiger partial charge in [0, 0.05) is 11.0 Å². The summed E-state index contributed by atoms with van der Waals surface area (Å²) in [6.07, 6.45) is 0.738. The molecule has 13 heavy (non-hydrogen) atoms. The van der Waals surface area contributed by atoms with Crippen LogP contribution in [-0.4, -0.2) is 16.5 Å². The lowest BCUT2D eigenvalue weighted by molar-refractivity contribution is -0.111. The summed E-state index contributed by atoms with van der Waals surface area (Å²) in [5.41, 5.74) is -0.342. The fraction of sp³-hybridized carbons (Fsp3) is 0.300. The van der Waals surface area contributed by atoms with E-state index in [1.54, 1.807) is 13.8 Å². The summed E-state index contributed by atoms with van der Waals surface area (Å²) in [5.74, 6) is 0.0672. The number of rotatable bonds is 2. The van der Waals surface area contributed by atoms with Crippen molar-refractivity contribution in [2.45, 2.75) is 19.3 Å². The standard InChI is InChI=1S/C10H12O3/c1-10(2,6-11)8-5-7(12)3-4-9(8)13/h3-6,12-13H,1-2H3. The smallest absolute Gasteiger partial charge is 0.130 e. The largest absolute Gasteiger partial charge is 0.508 e. The van der Waals surface area contributed by atoms with Crippen LogP contribution in [0.25, 0.3) is 0 Å². The van der Waals surface area contributed by atoms with Gasteiger partial charge in [0.1, 0.15) is 17.8 Å². The summed E-state index contributed by atoms with van der Waals surface area (Å²) >= 11 is 0. The van der Waals surface area contributed by atoms with Gasteiger partial charge < -0.3 is 15.0 Å². The summed E-state index contributed by atoms with van der Waals surface area (Å²) in [4.78, 5) is 10.7. The van der Waals surface area contributed by atoms with Gasteiger partial charge in [-0.25, -0.2) is 0 Å². The van der Waals surface area contributed by atoms with Crippen LogP contribution in [0.5, 0.6) is 11.5 Å². The van der Waals surface area contributed by atoms with E-state index in [1.807, 2.05) is 0 Å². The number of hydrogen-bond donors (Lipinski definition) is 2. The molecule has 0 atom stereocenters. The van der Waals surface area contributed by atoms with Crippen molar-refractivity contribution >= 4 is 6.29 Å². The third-order valence-electron chi connectivity index (χ3n) is 1.97. The van der Waals surface area contributed by atoms with Gasteiger partial charge in [-0.05, 0) is 32.0 Å². The van der Waals surface area contributed by atoms with Crippen LogP contribution in [0.1, 0.15) is 19.4 Å². The van der Waals surface area contributed by atoms with Gasteiger partial charge in [-0.15, -0.1) is 0 Å². The molecule has 1 aromatic carbocycles. The Labute approximate surface area is 76.6 Å². The first kappa shape index (κ1) is 9.58. The molecule has 0 spiro atoms. The van der Waals surface area contributed by atoms with E-state index in [1.165, 1.54) is 18.2 Å². The molecule has 0 saturated carbocycles. The maximum Gasteiger partial charge on any atom is 0.130 e. The molecule has 0 aromatic heterocycles. The summed E-state index contributed by atoms with van der Waals surface area (Å²) in [7, 11) is 0. The monoisotopic (exact) mass is 180 g/mol. The molecule has 0 amide bonds. The zero-order valence-electron chi connectivity index (χ0n) is 7.61. The number of carbonyl (C=O) groups excluding carboxylic acids is 1. The zero-order chi connectivity index (χ0) is 10.1. The molecule has 3 nitrogen and oxygen atoms in total. The van der Waals surface area contributed by atoms with E-state index in [0.717, 1.165) is 6.29 Å². The number of phenolic OH excluding ortho intramolecular Hbond substituents is 2. The molecule has 0 unspecified atom stereocenters. The van der Waals surface area contributed by atoms with E-state index in [0.29, 0.717) is 5.56 Å². The van der Waals surface area contributed by atoms with Crippen LogP contribution in [0.2, 0.25) is 0 Å². The van der Waals surface area contributed by atoms with Gasteiger partial charge in [-0.3, -0.25) is 0 Å². The third kappa shape index (κ3) is 1.80. The number of phenols is 2. The highest BCUT2D eigenvalue weighted by atomic mass is 16.3. The van der Waals surface area contributed by atoms with Crippen molar-refractivity contribution < 1.29 is 15.0 Å². The third-order valence-corrected chi connectivity index (χ3v) is 1.97. The number of carbonyl (C=O) groups is 1. The van der Waals surface area contributed by atoms with E-state index in [-0.39, 0.29) is 11.5 Å². The Hall–Kier alpha value is -1.51. The molecule has 1 rings (SSSR count).